The zero-order chi connectivity index (χ0) is 13.3. The first-order chi connectivity index (χ1) is 7.58. The van der Waals surface area contributed by atoms with Crippen molar-refractivity contribution >= 4 is 0 Å². The van der Waals surface area contributed by atoms with Crippen LogP contribution in [0.15, 0.2) is 18.2 Å². The maximum atomic E-state index is 5.98. The Bertz CT molecular complexity index is 381. The van der Waals surface area contributed by atoms with Crippen LogP contribution in [0.2, 0.25) is 0 Å². The molecule has 0 saturated heterocycles. The number of aryl methyl sites for hydroxylation is 1. The summed E-state index contributed by atoms with van der Waals surface area (Å²) in [6.45, 7) is 14.3. The van der Waals surface area contributed by atoms with Crippen LogP contribution < -0.4 is 9.47 Å². The fourth-order valence-electron chi connectivity index (χ4n) is 1.47. The fraction of sp³-hybridized carbons (Fsp3) is 0.600. The van der Waals surface area contributed by atoms with Crippen LogP contribution in [0.1, 0.15) is 47.1 Å². The third kappa shape index (κ3) is 4.68. The van der Waals surface area contributed by atoms with Crippen LogP contribution in [-0.4, -0.2) is 11.2 Å². The summed E-state index contributed by atoms with van der Waals surface area (Å²) in [5, 5.41) is 0. The lowest BCUT2D eigenvalue weighted by Gasteiger charge is -2.28. The average Bonchev–Trinajstić information content (AvgIpc) is 2.07. The molecule has 0 heterocycles. The zero-order valence-corrected chi connectivity index (χ0v) is 12.0. The second-order valence-electron chi connectivity index (χ2n) is 6.33. The van der Waals surface area contributed by atoms with E-state index >= 15 is 0 Å². The molecule has 0 aliphatic rings. The van der Waals surface area contributed by atoms with Crippen LogP contribution in [0.25, 0.3) is 0 Å². The smallest absolute Gasteiger partial charge is 0.164 e. The summed E-state index contributed by atoms with van der Waals surface area (Å²) >= 11 is 0. The molecule has 1 aromatic carbocycles. The van der Waals surface area contributed by atoms with E-state index in [4.69, 9.17) is 9.47 Å². The van der Waals surface area contributed by atoms with E-state index in [1.54, 1.807) is 0 Å². The molecule has 0 radical (unpaired) electrons. The number of ether oxygens (including phenoxy) is 2. The highest BCUT2D eigenvalue weighted by Crippen LogP contribution is 2.35. The number of rotatable bonds is 2. The highest BCUT2D eigenvalue weighted by Gasteiger charge is 2.20. The maximum absolute atomic E-state index is 5.98. The molecule has 2 heteroatoms. The van der Waals surface area contributed by atoms with Crippen LogP contribution in [0.4, 0.5) is 0 Å². The molecular formula is C15H24O2. The number of hydrogen-bond donors (Lipinski definition) is 0. The first-order valence-corrected chi connectivity index (χ1v) is 6.06. The van der Waals surface area contributed by atoms with Crippen molar-refractivity contribution in [2.75, 3.05) is 0 Å². The van der Waals surface area contributed by atoms with E-state index in [2.05, 4.69) is 0 Å². The summed E-state index contributed by atoms with van der Waals surface area (Å²) < 4.78 is 11.9. The molecule has 0 aromatic heterocycles. The summed E-state index contributed by atoms with van der Waals surface area (Å²) in [5.74, 6) is 1.65. The van der Waals surface area contributed by atoms with Gasteiger partial charge in [0.1, 0.15) is 11.2 Å². The summed E-state index contributed by atoms with van der Waals surface area (Å²) in [6, 6.07) is 5.99. The Morgan fingerprint density at radius 1 is 0.824 bits per heavy atom. The molecule has 1 aromatic rings. The first-order valence-electron chi connectivity index (χ1n) is 6.06. The van der Waals surface area contributed by atoms with Crippen molar-refractivity contribution in [2.45, 2.75) is 59.7 Å². The second kappa shape index (κ2) is 4.59. The molecule has 0 amide bonds. The third-order valence-corrected chi connectivity index (χ3v) is 2.00. The predicted octanol–water partition coefficient (Wildman–Crippen LogP) is 4.35. The Balaban J connectivity index is 3.09. The van der Waals surface area contributed by atoms with E-state index < -0.39 is 0 Å². The summed E-state index contributed by atoms with van der Waals surface area (Å²) in [4.78, 5) is 0. The van der Waals surface area contributed by atoms with Gasteiger partial charge in [0.05, 0.1) is 0 Å². The Hall–Kier alpha value is -1.18. The van der Waals surface area contributed by atoms with Gasteiger partial charge in [-0.2, -0.15) is 0 Å². The zero-order valence-electron chi connectivity index (χ0n) is 12.0. The van der Waals surface area contributed by atoms with Crippen LogP contribution >= 0.6 is 0 Å². The molecule has 96 valence electrons. The second-order valence-corrected chi connectivity index (χ2v) is 6.33. The highest BCUT2D eigenvalue weighted by atomic mass is 16.5. The van der Waals surface area contributed by atoms with Crippen molar-refractivity contribution < 1.29 is 9.47 Å². The molecule has 0 aliphatic heterocycles. The molecule has 0 bridgehead atoms. The molecule has 0 fully saturated rings. The van der Waals surface area contributed by atoms with Gasteiger partial charge in [0.2, 0.25) is 0 Å². The molecule has 1 rings (SSSR count). The average molecular weight is 236 g/mol. The fourth-order valence-corrected chi connectivity index (χ4v) is 1.47. The SMILES string of the molecule is Cc1cccc(OC(C)(C)C)c1OC(C)(C)C. The van der Waals surface area contributed by atoms with Gasteiger partial charge in [0.15, 0.2) is 11.5 Å². The molecule has 0 unspecified atom stereocenters. The van der Waals surface area contributed by atoms with E-state index in [0.717, 1.165) is 17.1 Å². The van der Waals surface area contributed by atoms with Crippen LogP contribution in [0.3, 0.4) is 0 Å². The van der Waals surface area contributed by atoms with Crippen molar-refractivity contribution in [1.82, 2.24) is 0 Å². The van der Waals surface area contributed by atoms with Crippen molar-refractivity contribution in [1.29, 1.82) is 0 Å². The van der Waals surface area contributed by atoms with Gasteiger partial charge in [0, 0.05) is 0 Å². The molecule has 17 heavy (non-hydrogen) atoms. The van der Waals surface area contributed by atoms with Crippen molar-refractivity contribution in [3.63, 3.8) is 0 Å². The Morgan fingerprint density at radius 3 is 1.82 bits per heavy atom. The lowest BCUT2D eigenvalue weighted by Crippen LogP contribution is -2.26. The Kier molecular flexibility index (Phi) is 3.75. The minimum Gasteiger partial charge on any atom is -0.484 e. The third-order valence-electron chi connectivity index (χ3n) is 2.00. The highest BCUT2D eigenvalue weighted by molar-refractivity contribution is 5.46. The summed E-state index contributed by atoms with van der Waals surface area (Å²) in [5.41, 5.74) is 0.660. The van der Waals surface area contributed by atoms with Gasteiger partial charge >= 0.3 is 0 Å². The lowest BCUT2D eigenvalue weighted by molar-refractivity contribution is 0.0950. The van der Waals surface area contributed by atoms with E-state index in [9.17, 15) is 0 Å². The minimum atomic E-state index is -0.220. The molecule has 0 aliphatic carbocycles. The summed E-state index contributed by atoms with van der Waals surface area (Å²) in [6.07, 6.45) is 0. The molecule has 0 N–H and O–H groups in total. The monoisotopic (exact) mass is 236 g/mol. The van der Waals surface area contributed by atoms with Gasteiger partial charge in [-0.15, -0.1) is 0 Å². The van der Waals surface area contributed by atoms with Crippen molar-refractivity contribution in [3.05, 3.63) is 23.8 Å². The molecule has 0 saturated carbocycles. The molecule has 0 spiro atoms. The number of hydrogen-bond acceptors (Lipinski definition) is 2. The van der Waals surface area contributed by atoms with E-state index in [-0.39, 0.29) is 11.2 Å². The standard InChI is InChI=1S/C15H24O2/c1-11-9-8-10-12(16-14(2,3)4)13(11)17-15(5,6)7/h8-10H,1-7H3. The van der Waals surface area contributed by atoms with Crippen LogP contribution in [0.5, 0.6) is 11.5 Å². The Labute approximate surface area is 105 Å². The molecular weight excluding hydrogens is 212 g/mol. The number of para-hydroxylation sites is 1. The molecule has 2 nitrogen and oxygen atoms in total. The molecule has 0 atom stereocenters. The number of benzene rings is 1. The minimum absolute atomic E-state index is 0.218. The van der Waals surface area contributed by atoms with Crippen LogP contribution in [0, 0.1) is 6.92 Å². The van der Waals surface area contributed by atoms with Gasteiger partial charge in [-0.1, -0.05) is 12.1 Å². The topological polar surface area (TPSA) is 18.5 Å². The van der Waals surface area contributed by atoms with Crippen molar-refractivity contribution in [2.24, 2.45) is 0 Å². The normalized spacial score (nSPS) is 12.4. The van der Waals surface area contributed by atoms with E-state index in [1.807, 2.05) is 66.7 Å². The maximum Gasteiger partial charge on any atom is 0.164 e. The first kappa shape index (κ1) is 13.9. The predicted molar refractivity (Wildman–Crippen MR) is 71.9 cm³/mol. The van der Waals surface area contributed by atoms with Gasteiger partial charge in [-0.3, -0.25) is 0 Å². The van der Waals surface area contributed by atoms with Gasteiger partial charge in [-0.05, 0) is 60.1 Å². The van der Waals surface area contributed by atoms with Gasteiger partial charge in [0.25, 0.3) is 0 Å². The van der Waals surface area contributed by atoms with Gasteiger partial charge in [-0.25, -0.2) is 0 Å². The van der Waals surface area contributed by atoms with Crippen LogP contribution in [-0.2, 0) is 0 Å². The Morgan fingerprint density at radius 2 is 1.35 bits per heavy atom. The van der Waals surface area contributed by atoms with Crippen molar-refractivity contribution in [3.8, 4) is 11.5 Å². The largest absolute Gasteiger partial charge is 0.484 e. The summed E-state index contributed by atoms with van der Waals surface area (Å²) in [7, 11) is 0. The lowest BCUT2D eigenvalue weighted by atomic mass is 10.1. The van der Waals surface area contributed by atoms with Gasteiger partial charge < -0.3 is 9.47 Å². The van der Waals surface area contributed by atoms with E-state index in [0.29, 0.717) is 0 Å². The quantitative estimate of drug-likeness (QED) is 0.760. The van der Waals surface area contributed by atoms with E-state index in [1.165, 1.54) is 0 Å².